The standard InChI is InChI=1S/C20H22N2O4/c1-25-18-13-15(10-11-17(18)22-12-6-5-9-20(22)24)21-19(23)14-26-16-7-3-2-4-8-16/h2-4,7-8,10-11,13H,5-6,9,12,14H2,1H3,(H,21,23). The van der Waals surface area contributed by atoms with Crippen molar-refractivity contribution in [1.82, 2.24) is 0 Å². The highest BCUT2D eigenvalue weighted by Gasteiger charge is 2.22. The van der Waals surface area contributed by atoms with Crippen molar-refractivity contribution in [3.05, 3.63) is 48.5 Å². The molecule has 0 atom stereocenters. The molecule has 6 nitrogen and oxygen atoms in total. The van der Waals surface area contributed by atoms with E-state index in [9.17, 15) is 9.59 Å². The van der Waals surface area contributed by atoms with Crippen LogP contribution in [0.15, 0.2) is 48.5 Å². The van der Waals surface area contributed by atoms with Crippen LogP contribution in [0.2, 0.25) is 0 Å². The fourth-order valence-electron chi connectivity index (χ4n) is 2.90. The fourth-order valence-corrected chi connectivity index (χ4v) is 2.90. The molecule has 0 aromatic heterocycles. The summed E-state index contributed by atoms with van der Waals surface area (Å²) in [5, 5.41) is 2.78. The van der Waals surface area contributed by atoms with E-state index in [-0.39, 0.29) is 18.4 Å². The number of para-hydroxylation sites is 1. The summed E-state index contributed by atoms with van der Waals surface area (Å²) in [7, 11) is 1.55. The van der Waals surface area contributed by atoms with Gasteiger partial charge in [0, 0.05) is 24.7 Å². The summed E-state index contributed by atoms with van der Waals surface area (Å²) in [6.45, 7) is 0.602. The van der Waals surface area contributed by atoms with Gasteiger partial charge >= 0.3 is 0 Å². The second kappa shape index (κ2) is 8.38. The zero-order valence-electron chi connectivity index (χ0n) is 14.7. The Morgan fingerprint density at radius 2 is 1.96 bits per heavy atom. The molecule has 0 spiro atoms. The lowest BCUT2D eigenvalue weighted by Gasteiger charge is -2.28. The second-order valence-electron chi connectivity index (χ2n) is 6.04. The lowest BCUT2D eigenvalue weighted by atomic mass is 10.1. The average Bonchev–Trinajstić information content (AvgIpc) is 2.68. The zero-order chi connectivity index (χ0) is 18.4. The monoisotopic (exact) mass is 354 g/mol. The molecule has 1 N–H and O–H groups in total. The Balaban J connectivity index is 1.65. The minimum Gasteiger partial charge on any atom is -0.494 e. The van der Waals surface area contributed by atoms with E-state index in [1.807, 2.05) is 18.2 Å². The van der Waals surface area contributed by atoms with Gasteiger partial charge in [0.1, 0.15) is 11.5 Å². The van der Waals surface area contributed by atoms with E-state index in [4.69, 9.17) is 9.47 Å². The van der Waals surface area contributed by atoms with Crippen LogP contribution in [0.25, 0.3) is 0 Å². The first-order valence-corrected chi connectivity index (χ1v) is 8.63. The summed E-state index contributed by atoms with van der Waals surface area (Å²) in [4.78, 5) is 26.0. The van der Waals surface area contributed by atoms with Gasteiger partial charge in [-0.2, -0.15) is 0 Å². The van der Waals surface area contributed by atoms with E-state index in [0.29, 0.717) is 30.2 Å². The molecule has 0 unspecified atom stereocenters. The molecule has 2 amide bonds. The molecule has 3 rings (SSSR count). The Kier molecular flexibility index (Phi) is 5.73. The van der Waals surface area contributed by atoms with Gasteiger partial charge in [0.15, 0.2) is 6.61 Å². The van der Waals surface area contributed by atoms with Crippen molar-refractivity contribution >= 4 is 23.2 Å². The van der Waals surface area contributed by atoms with Crippen molar-refractivity contribution in [1.29, 1.82) is 0 Å². The van der Waals surface area contributed by atoms with E-state index in [1.54, 1.807) is 42.3 Å². The van der Waals surface area contributed by atoms with Crippen LogP contribution in [0, 0.1) is 0 Å². The number of hydrogen-bond acceptors (Lipinski definition) is 4. The maximum absolute atomic E-state index is 12.1. The van der Waals surface area contributed by atoms with Gasteiger partial charge in [0.05, 0.1) is 12.8 Å². The SMILES string of the molecule is COc1cc(NC(=O)COc2ccccc2)ccc1N1CCCCC1=O. The first-order valence-electron chi connectivity index (χ1n) is 8.63. The number of rotatable bonds is 6. The predicted octanol–water partition coefficient (Wildman–Crippen LogP) is 3.23. The molecule has 0 bridgehead atoms. The third kappa shape index (κ3) is 4.33. The second-order valence-corrected chi connectivity index (χ2v) is 6.04. The topological polar surface area (TPSA) is 67.9 Å². The van der Waals surface area contributed by atoms with Gasteiger partial charge < -0.3 is 19.7 Å². The summed E-state index contributed by atoms with van der Waals surface area (Å²) >= 11 is 0. The highest BCUT2D eigenvalue weighted by Crippen LogP contribution is 2.33. The molecule has 1 aliphatic heterocycles. The highest BCUT2D eigenvalue weighted by atomic mass is 16.5. The summed E-state index contributed by atoms with van der Waals surface area (Å²) < 4.78 is 10.9. The van der Waals surface area contributed by atoms with Gasteiger partial charge in [-0.05, 0) is 37.1 Å². The number of ether oxygens (including phenoxy) is 2. The van der Waals surface area contributed by atoms with Crippen LogP contribution in [0.1, 0.15) is 19.3 Å². The van der Waals surface area contributed by atoms with Gasteiger partial charge in [0.2, 0.25) is 5.91 Å². The van der Waals surface area contributed by atoms with E-state index >= 15 is 0 Å². The van der Waals surface area contributed by atoms with Crippen LogP contribution in [0.4, 0.5) is 11.4 Å². The van der Waals surface area contributed by atoms with E-state index in [0.717, 1.165) is 18.5 Å². The highest BCUT2D eigenvalue weighted by molar-refractivity contribution is 5.97. The predicted molar refractivity (Wildman–Crippen MR) is 99.8 cm³/mol. The number of methoxy groups -OCH3 is 1. The fraction of sp³-hybridized carbons (Fsp3) is 0.300. The van der Waals surface area contributed by atoms with Crippen LogP contribution in [0.3, 0.4) is 0 Å². The van der Waals surface area contributed by atoms with Gasteiger partial charge in [-0.25, -0.2) is 0 Å². The Morgan fingerprint density at radius 3 is 2.69 bits per heavy atom. The lowest BCUT2D eigenvalue weighted by Crippen LogP contribution is -2.35. The molecule has 1 saturated heterocycles. The number of hydrogen-bond donors (Lipinski definition) is 1. The molecule has 1 heterocycles. The molecule has 6 heteroatoms. The molecular weight excluding hydrogens is 332 g/mol. The quantitative estimate of drug-likeness (QED) is 0.865. The Labute approximate surface area is 152 Å². The normalized spacial score (nSPS) is 14.0. The summed E-state index contributed by atoms with van der Waals surface area (Å²) in [5.74, 6) is 1.03. The van der Waals surface area contributed by atoms with Gasteiger partial charge in [-0.1, -0.05) is 18.2 Å². The maximum atomic E-state index is 12.1. The first kappa shape index (κ1) is 17.8. The largest absolute Gasteiger partial charge is 0.494 e. The Bertz CT molecular complexity index is 777. The van der Waals surface area contributed by atoms with Crippen molar-refractivity contribution in [2.75, 3.05) is 30.5 Å². The van der Waals surface area contributed by atoms with Crippen LogP contribution < -0.4 is 19.7 Å². The third-order valence-electron chi connectivity index (χ3n) is 4.19. The number of benzene rings is 2. The number of amides is 2. The molecule has 0 aliphatic carbocycles. The average molecular weight is 354 g/mol. The number of anilines is 2. The van der Waals surface area contributed by atoms with Crippen LogP contribution >= 0.6 is 0 Å². The number of nitrogens with zero attached hydrogens (tertiary/aromatic N) is 1. The van der Waals surface area contributed by atoms with Crippen molar-refractivity contribution in [3.8, 4) is 11.5 Å². The first-order chi connectivity index (χ1) is 12.7. The molecule has 136 valence electrons. The van der Waals surface area contributed by atoms with Crippen LogP contribution in [-0.4, -0.2) is 32.1 Å². The number of nitrogens with one attached hydrogen (secondary N) is 1. The number of carbonyl (C=O) groups excluding carboxylic acids is 2. The van der Waals surface area contributed by atoms with E-state index in [2.05, 4.69) is 5.32 Å². The Hall–Kier alpha value is -3.02. The van der Waals surface area contributed by atoms with Crippen molar-refractivity contribution in [2.45, 2.75) is 19.3 Å². The molecule has 0 radical (unpaired) electrons. The van der Waals surface area contributed by atoms with Crippen molar-refractivity contribution < 1.29 is 19.1 Å². The molecule has 1 aliphatic rings. The van der Waals surface area contributed by atoms with E-state index < -0.39 is 0 Å². The maximum Gasteiger partial charge on any atom is 0.262 e. The van der Waals surface area contributed by atoms with E-state index in [1.165, 1.54) is 0 Å². The smallest absolute Gasteiger partial charge is 0.262 e. The molecular formula is C20H22N2O4. The summed E-state index contributed by atoms with van der Waals surface area (Å²) in [6, 6.07) is 14.4. The minimum atomic E-state index is -0.266. The van der Waals surface area contributed by atoms with Crippen LogP contribution in [0.5, 0.6) is 11.5 Å². The summed E-state index contributed by atoms with van der Waals surface area (Å²) in [5.41, 5.74) is 1.33. The number of carbonyl (C=O) groups is 2. The molecule has 2 aromatic rings. The Morgan fingerprint density at radius 1 is 1.15 bits per heavy atom. The van der Waals surface area contributed by atoms with Crippen LogP contribution in [-0.2, 0) is 9.59 Å². The molecule has 0 saturated carbocycles. The molecule has 1 fully saturated rings. The minimum absolute atomic E-state index is 0.0846. The van der Waals surface area contributed by atoms with Crippen molar-refractivity contribution in [3.63, 3.8) is 0 Å². The zero-order valence-corrected chi connectivity index (χ0v) is 14.7. The number of piperidine rings is 1. The van der Waals surface area contributed by atoms with Gasteiger partial charge in [-0.15, -0.1) is 0 Å². The third-order valence-corrected chi connectivity index (χ3v) is 4.19. The molecule has 26 heavy (non-hydrogen) atoms. The lowest BCUT2D eigenvalue weighted by molar-refractivity contribution is -0.119. The van der Waals surface area contributed by atoms with Gasteiger partial charge in [-0.3, -0.25) is 9.59 Å². The van der Waals surface area contributed by atoms with Crippen molar-refractivity contribution in [2.24, 2.45) is 0 Å². The molecule has 2 aromatic carbocycles. The van der Waals surface area contributed by atoms with Gasteiger partial charge in [0.25, 0.3) is 5.91 Å². The summed E-state index contributed by atoms with van der Waals surface area (Å²) in [6.07, 6.45) is 2.45.